The number of carboxylic acid groups (broad SMARTS) is 1. The lowest BCUT2D eigenvalue weighted by molar-refractivity contribution is 0.0526. The molecule has 282 valence electrons. The van der Waals surface area contributed by atoms with Crippen molar-refractivity contribution in [2.24, 2.45) is 0 Å². The van der Waals surface area contributed by atoms with E-state index >= 15 is 0 Å². The van der Waals surface area contributed by atoms with Crippen molar-refractivity contribution in [1.29, 1.82) is 10.5 Å². The van der Waals surface area contributed by atoms with Crippen LogP contribution in [0.3, 0.4) is 0 Å². The lowest BCUT2D eigenvalue weighted by atomic mass is 10.2. The Hall–Kier alpha value is -7.60. The maximum Gasteiger partial charge on any atom is 0.343 e. The number of anilines is 6. The minimum Gasteiger partial charge on any atom is -0.477 e. The first-order chi connectivity index (χ1) is 26.6. The van der Waals surface area contributed by atoms with Crippen LogP contribution in [0.2, 0.25) is 0 Å². The summed E-state index contributed by atoms with van der Waals surface area (Å²) in [6.45, 7) is 12.7. The normalized spacial score (nSPS) is 8.78. The van der Waals surface area contributed by atoms with E-state index < -0.39 is 11.9 Å². The predicted octanol–water partition coefficient (Wildman–Crippen LogP) is 7.37. The molecule has 0 aliphatic carbocycles. The highest BCUT2D eigenvalue weighted by Crippen LogP contribution is 2.20. The monoisotopic (exact) mass is 740 g/mol. The average Bonchev–Trinajstić information content (AvgIpc) is 3.20. The smallest absolute Gasteiger partial charge is 0.343 e. The molecule has 0 bridgehead atoms. The minimum absolute atomic E-state index is 0.0267. The summed E-state index contributed by atoms with van der Waals surface area (Å²) in [6, 6.07) is 17.8. The van der Waals surface area contributed by atoms with Gasteiger partial charge in [-0.3, -0.25) is 0 Å². The molecular formula is C41H44N10O4. The van der Waals surface area contributed by atoms with Crippen molar-refractivity contribution in [2.45, 2.75) is 54.4 Å². The molecule has 0 amide bonds. The first-order valence-electron chi connectivity index (χ1n) is 17.0. The average molecular weight is 741 g/mol. The van der Waals surface area contributed by atoms with Crippen LogP contribution in [0.15, 0.2) is 60.9 Å². The van der Waals surface area contributed by atoms with Gasteiger partial charge in [-0.25, -0.2) is 19.6 Å². The number of rotatable bonds is 13. The molecule has 2 aromatic heterocycles. The molecule has 0 atom stereocenters. The molecule has 0 aliphatic rings. The zero-order chi connectivity index (χ0) is 40.8. The molecule has 2 heterocycles. The van der Waals surface area contributed by atoms with Gasteiger partial charge in [0.1, 0.15) is 22.8 Å². The van der Waals surface area contributed by atoms with Gasteiger partial charge in [0.2, 0.25) is 11.9 Å². The van der Waals surface area contributed by atoms with Gasteiger partial charge < -0.3 is 31.1 Å². The number of terminal acetylenes is 1. The van der Waals surface area contributed by atoms with E-state index in [1.54, 1.807) is 62.4 Å². The lowest BCUT2D eigenvalue weighted by Gasteiger charge is -2.12. The molecule has 0 saturated carbocycles. The lowest BCUT2D eigenvalue weighted by Crippen LogP contribution is -2.13. The van der Waals surface area contributed by atoms with Gasteiger partial charge in [0.25, 0.3) is 0 Å². The van der Waals surface area contributed by atoms with Crippen molar-refractivity contribution in [1.82, 2.24) is 19.9 Å². The number of nitrogens with one attached hydrogen (secondary N) is 4. The SMILES string of the molecule is C#CC#CC.CC#CC.CCCNc1nc(Nc2ccc(C#N)cc2)ncc1C(=O)O.CCCNc1nc(Nc2ccc(C#N)cc2)ncc1C(=O)OCC. The van der Waals surface area contributed by atoms with Crippen molar-refractivity contribution < 1.29 is 19.4 Å². The van der Waals surface area contributed by atoms with Gasteiger partial charge in [-0.2, -0.15) is 20.5 Å². The number of nitrogens with zero attached hydrogens (tertiary/aromatic N) is 6. The van der Waals surface area contributed by atoms with E-state index in [2.05, 4.69) is 76.9 Å². The van der Waals surface area contributed by atoms with E-state index in [1.807, 2.05) is 33.8 Å². The summed E-state index contributed by atoms with van der Waals surface area (Å²) in [4.78, 5) is 39.8. The van der Waals surface area contributed by atoms with Crippen LogP contribution >= 0.6 is 0 Å². The second-order valence-corrected chi connectivity index (χ2v) is 10.4. The topological polar surface area (TPSA) is 211 Å². The van der Waals surface area contributed by atoms with E-state index in [-0.39, 0.29) is 23.9 Å². The Morgan fingerprint density at radius 3 is 1.49 bits per heavy atom. The van der Waals surface area contributed by atoms with E-state index in [1.165, 1.54) is 12.4 Å². The third-order valence-electron chi connectivity index (χ3n) is 6.38. The number of aromatic nitrogens is 4. The molecule has 14 heteroatoms. The second-order valence-electron chi connectivity index (χ2n) is 10.4. The highest BCUT2D eigenvalue weighted by atomic mass is 16.5. The fourth-order valence-corrected chi connectivity index (χ4v) is 3.74. The van der Waals surface area contributed by atoms with Crippen LogP contribution in [0, 0.1) is 58.7 Å². The molecule has 5 N–H and O–H groups in total. The van der Waals surface area contributed by atoms with Gasteiger partial charge in [0.15, 0.2) is 0 Å². The van der Waals surface area contributed by atoms with E-state index in [9.17, 15) is 9.59 Å². The van der Waals surface area contributed by atoms with Crippen molar-refractivity contribution in [3.8, 4) is 48.2 Å². The van der Waals surface area contributed by atoms with E-state index in [0.29, 0.717) is 47.2 Å². The first kappa shape index (κ1) is 45.4. The number of aromatic carboxylic acids is 1. The Kier molecular flexibility index (Phi) is 22.4. The third kappa shape index (κ3) is 17.5. The summed E-state index contributed by atoms with van der Waals surface area (Å²) in [5.41, 5.74) is 2.92. The molecule has 55 heavy (non-hydrogen) atoms. The number of ether oxygens (including phenoxy) is 1. The largest absolute Gasteiger partial charge is 0.477 e. The molecule has 2 aromatic carbocycles. The quantitative estimate of drug-likeness (QED) is 0.0669. The van der Waals surface area contributed by atoms with E-state index in [0.717, 1.165) is 18.5 Å². The standard InChI is InChI=1S/C17H19N5O2.C15H15N5O2.C5H4.C4H6/c1-3-9-19-15-14(16(23)24-4-2)11-20-17(22-15)21-13-7-5-12(10-18)6-8-13;1-2-7-17-13-12(14(21)22)9-18-15(20-13)19-11-5-3-10(8-16)4-6-11;1-3-5-4-2;1-3-4-2/h5-8,11H,3-4,9H2,1-2H3,(H2,19,20,21,22);3-6,9H,2,7H2,1H3,(H,21,22)(H2,17,18,19,20);1H,2H3;1-2H3. The van der Waals surface area contributed by atoms with E-state index in [4.69, 9.17) is 26.8 Å². The van der Waals surface area contributed by atoms with Gasteiger partial charge >= 0.3 is 11.9 Å². The maximum atomic E-state index is 12.0. The Morgan fingerprint density at radius 1 is 0.727 bits per heavy atom. The Morgan fingerprint density at radius 2 is 1.16 bits per heavy atom. The molecule has 0 saturated heterocycles. The number of hydrogen-bond donors (Lipinski definition) is 5. The van der Waals surface area contributed by atoms with Gasteiger partial charge in [-0.15, -0.1) is 18.3 Å². The van der Waals surface area contributed by atoms with Crippen LogP contribution in [0.25, 0.3) is 0 Å². The molecule has 0 spiro atoms. The molecule has 4 aromatic rings. The van der Waals surface area contributed by atoms with Crippen LogP contribution in [-0.2, 0) is 4.74 Å². The highest BCUT2D eigenvalue weighted by molar-refractivity contribution is 5.94. The number of carboxylic acids is 1. The summed E-state index contributed by atoms with van der Waals surface area (Å²) < 4.78 is 5.02. The van der Waals surface area contributed by atoms with Crippen molar-refractivity contribution in [3.63, 3.8) is 0 Å². The van der Waals surface area contributed by atoms with Gasteiger partial charge in [-0.05, 0) is 101 Å². The molecule has 4 rings (SSSR count). The van der Waals surface area contributed by atoms with Crippen molar-refractivity contribution >= 4 is 46.8 Å². The van der Waals surface area contributed by atoms with Crippen molar-refractivity contribution in [2.75, 3.05) is 41.0 Å². The van der Waals surface area contributed by atoms with Crippen LogP contribution in [-0.4, -0.2) is 56.7 Å². The Balaban J connectivity index is 0.000000452. The number of nitriles is 2. The summed E-state index contributed by atoms with van der Waals surface area (Å²) in [5.74, 6) is 12.2. The summed E-state index contributed by atoms with van der Waals surface area (Å²) in [5, 5.41) is 38.8. The molecular weight excluding hydrogens is 697 g/mol. The second kappa shape index (κ2) is 27.1. The molecule has 0 unspecified atom stereocenters. The summed E-state index contributed by atoms with van der Waals surface area (Å²) in [6.07, 6.45) is 9.16. The van der Waals surface area contributed by atoms with Crippen LogP contribution in [0.5, 0.6) is 0 Å². The zero-order valence-electron chi connectivity index (χ0n) is 31.7. The summed E-state index contributed by atoms with van der Waals surface area (Å²) >= 11 is 0. The predicted molar refractivity (Wildman–Crippen MR) is 215 cm³/mol. The van der Waals surface area contributed by atoms with Gasteiger partial charge in [0, 0.05) is 36.9 Å². The zero-order valence-corrected chi connectivity index (χ0v) is 31.7. The number of carbonyl (C=O) groups excluding carboxylic acids is 1. The molecule has 0 radical (unpaired) electrons. The maximum absolute atomic E-state index is 12.0. The fourth-order valence-electron chi connectivity index (χ4n) is 3.74. The Bertz CT molecular complexity index is 2070. The fraction of sp³-hybridized carbons (Fsp3) is 0.268. The number of carbonyl (C=O) groups is 2. The number of benzene rings is 2. The summed E-state index contributed by atoms with van der Waals surface area (Å²) in [7, 11) is 0. The number of hydrogen-bond acceptors (Lipinski definition) is 13. The first-order valence-corrected chi connectivity index (χ1v) is 17.0. The highest BCUT2D eigenvalue weighted by Gasteiger charge is 2.16. The van der Waals surface area contributed by atoms with Crippen LogP contribution in [0.4, 0.5) is 34.9 Å². The van der Waals surface area contributed by atoms with Gasteiger partial charge in [0.05, 0.1) is 29.9 Å². The molecule has 14 nitrogen and oxygen atoms in total. The van der Waals surface area contributed by atoms with Crippen LogP contribution in [0.1, 0.15) is 86.2 Å². The number of esters is 1. The minimum atomic E-state index is -1.08. The van der Waals surface area contributed by atoms with Crippen LogP contribution < -0.4 is 21.3 Å². The molecule has 0 aliphatic heterocycles. The van der Waals surface area contributed by atoms with Gasteiger partial charge in [-0.1, -0.05) is 19.8 Å². The Labute approximate surface area is 322 Å². The van der Waals surface area contributed by atoms with Crippen molar-refractivity contribution in [3.05, 3.63) is 83.2 Å². The third-order valence-corrected chi connectivity index (χ3v) is 6.38. The molecule has 0 fully saturated rings.